The van der Waals surface area contributed by atoms with Crippen LogP contribution in [0, 0.1) is 12.6 Å². The second-order valence-corrected chi connectivity index (χ2v) is 3.39. The fourth-order valence-electron chi connectivity index (χ4n) is 0.591. The first-order valence-corrected chi connectivity index (χ1v) is 5.76. The molecule has 0 fully saturated rings. The molecule has 0 atom stereocenters. The number of hydrogen-bond donors (Lipinski definition) is 2. The summed E-state index contributed by atoms with van der Waals surface area (Å²) in [4.78, 5) is 0. The van der Waals surface area contributed by atoms with Crippen molar-refractivity contribution in [3.63, 3.8) is 0 Å². The van der Waals surface area contributed by atoms with Crippen LogP contribution in [0.1, 0.15) is 0 Å². The van der Waals surface area contributed by atoms with Crippen LogP contribution >= 0.6 is 0 Å². The molecule has 0 aliphatic heterocycles. The molecular formula is C11H12N2Zn-2. The molecule has 3 heteroatoms. The number of benzene rings is 1. The van der Waals surface area contributed by atoms with E-state index in [1.165, 1.54) is 6.08 Å². The quantitative estimate of drug-likeness (QED) is 0.352. The van der Waals surface area contributed by atoms with Crippen molar-refractivity contribution in [2.75, 3.05) is 5.73 Å². The molecular weight excluding hydrogens is 226 g/mol. The minimum absolute atomic E-state index is 0.631. The van der Waals surface area contributed by atoms with E-state index >= 15 is 0 Å². The van der Waals surface area contributed by atoms with Crippen LogP contribution in [0.2, 0.25) is 0 Å². The van der Waals surface area contributed by atoms with Crippen LogP contribution < -0.4 is 11.5 Å². The number of allylic oxidation sites excluding steroid dienone is 2. The molecule has 0 saturated carbocycles. The average molecular weight is 238 g/mol. The Morgan fingerprint density at radius 1 is 1.43 bits per heavy atom. The van der Waals surface area contributed by atoms with Crippen LogP contribution in [0.5, 0.6) is 0 Å². The van der Waals surface area contributed by atoms with Crippen LogP contribution in [-0.2, 0) is 17.9 Å². The molecule has 0 spiro atoms. The van der Waals surface area contributed by atoms with Gasteiger partial charge in [0.2, 0.25) is 0 Å². The Kier molecular flexibility index (Phi) is 7.67. The second-order valence-electron chi connectivity index (χ2n) is 2.40. The monoisotopic (exact) mass is 236 g/mol. The average Bonchev–Trinajstić information content (AvgIpc) is 2.20. The van der Waals surface area contributed by atoms with Crippen LogP contribution in [0.25, 0.3) is 0 Å². The van der Waals surface area contributed by atoms with Crippen LogP contribution in [0.4, 0.5) is 5.69 Å². The fraction of sp³-hybridized carbons (Fsp3) is 0. The van der Waals surface area contributed by atoms with Gasteiger partial charge in [-0.3, -0.25) is 0 Å². The Bertz CT molecular complexity index is 304. The van der Waals surface area contributed by atoms with E-state index in [0.29, 0.717) is 5.70 Å². The summed E-state index contributed by atoms with van der Waals surface area (Å²) < 4.78 is 1.96. The molecule has 0 amide bonds. The summed E-state index contributed by atoms with van der Waals surface area (Å²) in [5.74, 6) is 0. The van der Waals surface area contributed by atoms with Gasteiger partial charge in [0.05, 0.1) is 0 Å². The number of anilines is 1. The molecule has 1 aromatic rings. The van der Waals surface area contributed by atoms with Crippen molar-refractivity contribution in [3.05, 3.63) is 54.8 Å². The molecule has 1 aromatic carbocycles. The van der Waals surface area contributed by atoms with Crippen molar-refractivity contribution >= 4 is 10.3 Å². The molecule has 1 rings (SSSR count). The zero-order valence-electron chi connectivity index (χ0n) is 7.98. The van der Waals surface area contributed by atoms with Gasteiger partial charge in [-0.1, -0.05) is 5.69 Å². The number of nitrogens with two attached hydrogens (primary N) is 2. The maximum atomic E-state index is 5.34. The van der Waals surface area contributed by atoms with Gasteiger partial charge in [-0.15, -0.1) is 12.1 Å². The van der Waals surface area contributed by atoms with Crippen molar-refractivity contribution < 1.29 is 17.9 Å². The molecule has 0 aliphatic rings. The maximum absolute atomic E-state index is 5.34. The van der Waals surface area contributed by atoms with Gasteiger partial charge < -0.3 is 5.73 Å². The van der Waals surface area contributed by atoms with E-state index in [2.05, 4.69) is 6.07 Å². The van der Waals surface area contributed by atoms with Crippen molar-refractivity contribution in [1.29, 1.82) is 0 Å². The van der Waals surface area contributed by atoms with Crippen molar-refractivity contribution in [2.45, 2.75) is 0 Å². The number of hydrogen-bond acceptors (Lipinski definition) is 2. The van der Waals surface area contributed by atoms with Gasteiger partial charge in [0.1, 0.15) is 0 Å². The summed E-state index contributed by atoms with van der Waals surface area (Å²) in [5.41, 5.74) is 12.0. The molecule has 0 aromatic heterocycles. The van der Waals surface area contributed by atoms with Crippen LogP contribution in [0.15, 0.2) is 42.1 Å². The first kappa shape index (κ1) is 12.8. The summed E-state index contributed by atoms with van der Waals surface area (Å²) in [6.07, 6.45) is 3.17. The molecule has 14 heavy (non-hydrogen) atoms. The predicted molar refractivity (Wildman–Crippen MR) is 56.9 cm³/mol. The third-order valence-corrected chi connectivity index (χ3v) is 1.74. The van der Waals surface area contributed by atoms with Gasteiger partial charge in [-0.05, 0) is 0 Å². The van der Waals surface area contributed by atoms with Gasteiger partial charge in [0, 0.05) is 0 Å². The topological polar surface area (TPSA) is 52.0 Å². The summed E-state index contributed by atoms with van der Waals surface area (Å²) >= 11 is 1.12. The molecule has 2 nitrogen and oxygen atoms in total. The first-order valence-electron chi connectivity index (χ1n) is 4.05. The molecule has 70 valence electrons. The first-order chi connectivity index (χ1) is 6.70. The van der Waals surface area contributed by atoms with Crippen molar-refractivity contribution in [2.24, 2.45) is 5.73 Å². The summed E-state index contributed by atoms with van der Waals surface area (Å²) in [6, 6.07) is 10.0. The van der Waals surface area contributed by atoms with Crippen molar-refractivity contribution in [3.8, 4) is 0 Å². The van der Waals surface area contributed by atoms with Gasteiger partial charge >= 0.3 is 52.6 Å². The van der Waals surface area contributed by atoms with Gasteiger partial charge in [0.25, 0.3) is 0 Å². The summed E-state index contributed by atoms with van der Waals surface area (Å²) in [7, 11) is 0. The van der Waals surface area contributed by atoms with E-state index < -0.39 is 0 Å². The predicted octanol–water partition coefficient (Wildman–Crippen LogP) is 1.24. The molecule has 0 heterocycles. The molecule has 0 unspecified atom stereocenters. The summed E-state index contributed by atoms with van der Waals surface area (Å²) in [6.45, 7) is 5.03. The Hall–Kier alpha value is -1.21. The molecule has 0 bridgehead atoms. The SMILES string of the molecule is Nc1cc[c-]cc1.[CH-]=C/C(N)=C\[CH]=[Zn]. The van der Waals surface area contributed by atoms with E-state index in [1.807, 2.05) is 4.61 Å². The Morgan fingerprint density at radius 3 is 2.21 bits per heavy atom. The fourth-order valence-corrected chi connectivity index (χ4v) is 1.16. The Labute approximate surface area is 94.5 Å². The van der Waals surface area contributed by atoms with Crippen LogP contribution in [-0.4, -0.2) is 4.61 Å². The number of rotatable bonds is 2. The van der Waals surface area contributed by atoms with Crippen LogP contribution in [0.3, 0.4) is 0 Å². The van der Waals surface area contributed by atoms with Gasteiger partial charge in [-0.25, -0.2) is 0 Å². The Morgan fingerprint density at radius 2 is 2.00 bits per heavy atom. The zero-order chi connectivity index (χ0) is 10.8. The van der Waals surface area contributed by atoms with Gasteiger partial charge in [-0.2, -0.15) is 18.2 Å². The number of nitrogen functional groups attached to an aromatic ring is 1. The Balaban J connectivity index is 0.000000241. The minimum atomic E-state index is 0.631. The standard InChI is InChI=1S/C6H6N.C5H6N.Zn/c7-6-4-2-1-3-5-6;1-3-5(6)4-2;/h2-5H,7H2;1-4H,6H2;/q2*-1;/b;5-3+;. The molecule has 0 aliphatic carbocycles. The van der Waals surface area contributed by atoms with Gasteiger partial charge in [0.15, 0.2) is 0 Å². The van der Waals surface area contributed by atoms with Crippen molar-refractivity contribution in [1.82, 2.24) is 0 Å². The molecule has 0 saturated heterocycles. The third kappa shape index (κ3) is 7.44. The second kappa shape index (κ2) is 8.39. The van der Waals surface area contributed by atoms with E-state index in [4.69, 9.17) is 18.0 Å². The summed E-state index contributed by atoms with van der Waals surface area (Å²) in [5, 5.41) is 0. The van der Waals surface area contributed by atoms with E-state index in [1.54, 1.807) is 30.3 Å². The zero-order valence-corrected chi connectivity index (χ0v) is 10.9. The van der Waals surface area contributed by atoms with E-state index in [0.717, 1.165) is 23.5 Å². The molecule has 0 radical (unpaired) electrons. The van der Waals surface area contributed by atoms with E-state index in [9.17, 15) is 0 Å². The van der Waals surface area contributed by atoms with E-state index in [-0.39, 0.29) is 0 Å². The normalized spacial score (nSPS) is 9.71. The third-order valence-electron chi connectivity index (χ3n) is 1.25. The molecule has 4 N–H and O–H groups in total.